The summed E-state index contributed by atoms with van der Waals surface area (Å²) in [4.78, 5) is 17.9. The van der Waals surface area contributed by atoms with Gasteiger partial charge in [-0.2, -0.15) is 0 Å². The average Bonchev–Trinajstić information content (AvgIpc) is 3.38. The van der Waals surface area contributed by atoms with Crippen molar-refractivity contribution in [3.63, 3.8) is 0 Å². The number of benzene rings is 2. The molecule has 4 heteroatoms. The maximum absolute atomic E-state index is 13.4. The lowest BCUT2D eigenvalue weighted by atomic mass is 9.86. The number of aryl methyl sites for hydroxylation is 2. The lowest BCUT2D eigenvalue weighted by Crippen LogP contribution is -2.42. The van der Waals surface area contributed by atoms with Crippen molar-refractivity contribution < 1.29 is 9.21 Å². The summed E-state index contributed by atoms with van der Waals surface area (Å²) < 4.78 is 5.85. The van der Waals surface area contributed by atoms with Crippen LogP contribution >= 0.6 is 0 Å². The number of hydrogen-bond donors (Lipinski definition) is 0. The summed E-state index contributed by atoms with van der Waals surface area (Å²) in [6.07, 6.45) is 0. The molecular formula is C28H34N2O2. The van der Waals surface area contributed by atoms with Crippen LogP contribution in [-0.2, 0) is 6.54 Å². The van der Waals surface area contributed by atoms with Gasteiger partial charge in [-0.05, 0) is 69.0 Å². The first-order chi connectivity index (χ1) is 15.4. The van der Waals surface area contributed by atoms with Gasteiger partial charge in [0.25, 0.3) is 5.91 Å². The van der Waals surface area contributed by atoms with Gasteiger partial charge in [-0.3, -0.25) is 9.69 Å². The minimum Gasteiger partial charge on any atom is -0.465 e. The van der Waals surface area contributed by atoms with E-state index in [1.807, 2.05) is 48.2 Å². The molecule has 0 radical (unpaired) electrons. The topological polar surface area (TPSA) is 36.7 Å². The summed E-state index contributed by atoms with van der Waals surface area (Å²) in [5.41, 5.74) is 3.48. The third kappa shape index (κ3) is 4.97. The van der Waals surface area contributed by atoms with Crippen LogP contribution in [0.2, 0.25) is 0 Å². The second-order valence-corrected chi connectivity index (χ2v) is 9.35. The van der Waals surface area contributed by atoms with Gasteiger partial charge in [0.2, 0.25) is 0 Å². The van der Waals surface area contributed by atoms with Crippen LogP contribution < -0.4 is 0 Å². The van der Waals surface area contributed by atoms with Crippen molar-refractivity contribution in [2.45, 2.75) is 46.2 Å². The van der Waals surface area contributed by atoms with Crippen LogP contribution in [0.4, 0.5) is 0 Å². The van der Waals surface area contributed by atoms with E-state index < -0.39 is 0 Å². The molecule has 1 amide bonds. The van der Waals surface area contributed by atoms with E-state index >= 15 is 0 Å². The summed E-state index contributed by atoms with van der Waals surface area (Å²) >= 11 is 0. The van der Waals surface area contributed by atoms with Crippen molar-refractivity contribution >= 4 is 5.91 Å². The van der Waals surface area contributed by atoms with E-state index in [2.05, 4.69) is 56.0 Å². The predicted molar refractivity (Wildman–Crippen MR) is 129 cm³/mol. The molecule has 2 atom stereocenters. The van der Waals surface area contributed by atoms with E-state index in [1.165, 1.54) is 11.1 Å². The van der Waals surface area contributed by atoms with Crippen molar-refractivity contribution in [3.05, 3.63) is 94.9 Å². The third-order valence-electron chi connectivity index (χ3n) is 6.62. The molecule has 0 spiro atoms. The molecule has 1 aliphatic heterocycles. The lowest BCUT2D eigenvalue weighted by molar-refractivity contribution is 0.0668. The second-order valence-electron chi connectivity index (χ2n) is 9.35. The smallest absolute Gasteiger partial charge is 0.254 e. The minimum atomic E-state index is 0.115. The molecule has 168 valence electrons. The maximum atomic E-state index is 13.4. The Kier molecular flexibility index (Phi) is 6.80. The van der Waals surface area contributed by atoms with Gasteiger partial charge >= 0.3 is 0 Å². The van der Waals surface area contributed by atoms with Crippen LogP contribution in [0.1, 0.15) is 52.8 Å². The summed E-state index contributed by atoms with van der Waals surface area (Å²) in [6, 6.07) is 22.6. The predicted octanol–water partition coefficient (Wildman–Crippen LogP) is 5.66. The molecule has 4 nitrogen and oxygen atoms in total. The Morgan fingerprint density at radius 2 is 1.72 bits per heavy atom. The molecule has 1 aromatic heterocycles. The van der Waals surface area contributed by atoms with Gasteiger partial charge in [0.05, 0.1) is 6.54 Å². The summed E-state index contributed by atoms with van der Waals surface area (Å²) in [7, 11) is 0. The van der Waals surface area contributed by atoms with Crippen molar-refractivity contribution in [1.82, 2.24) is 9.80 Å². The largest absolute Gasteiger partial charge is 0.465 e. The maximum Gasteiger partial charge on any atom is 0.254 e. The van der Waals surface area contributed by atoms with E-state index in [0.29, 0.717) is 11.8 Å². The molecule has 2 aromatic carbocycles. The standard InChI is InChI=1S/C28H34N2O2/c1-20(2)30(28(31)23-11-6-5-7-12-23)17-24-16-29(18-25-15-14-22(4)32-25)19-27(24)26-13-9-8-10-21(26)3/h5-15,20,24,27H,16-19H2,1-4H3/t24-,27-/m0/s1. The van der Waals surface area contributed by atoms with Crippen LogP contribution in [0, 0.1) is 19.8 Å². The Bertz CT molecular complexity index is 1040. The number of hydrogen-bond acceptors (Lipinski definition) is 3. The fourth-order valence-corrected chi connectivity index (χ4v) is 4.95. The van der Waals surface area contributed by atoms with E-state index in [4.69, 9.17) is 4.42 Å². The first-order valence-corrected chi connectivity index (χ1v) is 11.6. The van der Waals surface area contributed by atoms with E-state index in [9.17, 15) is 4.79 Å². The molecule has 32 heavy (non-hydrogen) atoms. The number of carbonyl (C=O) groups is 1. The van der Waals surface area contributed by atoms with Crippen molar-refractivity contribution in [2.75, 3.05) is 19.6 Å². The highest BCUT2D eigenvalue weighted by Gasteiger charge is 2.37. The minimum absolute atomic E-state index is 0.115. The molecule has 0 aliphatic carbocycles. The number of furan rings is 1. The normalized spacial score (nSPS) is 18.9. The molecule has 0 bridgehead atoms. The van der Waals surface area contributed by atoms with E-state index in [0.717, 1.165) is 43.3 Å². The Morgan fingerprint density at radius 1 is 1.00 bits per heavy atom. The Hall–Kier alpha value is -2.85. The number of rotatable bonds is 7. The molecule has 3 aromatic rings. The SMILES string of the molecule is Cc1ccc(CN2C[C@@H](CN(C(=O)c3ccccc3)C(C)C)[C@@H](c3ccccc3C)C2)o1. The second kappa shape index (κ2) is 9.74. The lowest BCUT2D eigenvalue weighted by Gasteiger charge is -2.32. The summed E-state index contributed by atoms with van der Waals surface area (Å²) in [5, 5.41) is 0. The zero-order valence-electron chi connectivity index (χ0n) is 19.6. The summed E-state index contributed by atoms with van der Waals surface area (Å²) in [5.74, 6) is 2.82. The first kappa shape index (κ1) is 22.3. The molecule has 0 N–H and O–H groups in total. The monoisotopic (exact) mass is 430 g/mol. The highest BCUT2D eigenvalue weighted by molar-refractivity contribution is 5.94. The van der Waals surface area contributed by atoms with Gasteiger partial charge in [-0.1, -0.05) is 42.5 Å². The van der Waals surface area contributed by atoms with Gasteiger partial charge in [0.15, 0.2) is 0 Å². The highest BCUT2D eigenvalue weighted by Crippen LogP contribution is 2.36. The van der Waals surface area contributed by atoms with Crippen LogP contribution in [0.3, 0.4) is 0 Å². The van der Waals surface area contributed by atoms with Gasteiger partial charge in [-0.15, -0.1) is 0 Å². The first-order valence-electron chi connectivity index (χ1n) is 11.6. The van der Waals surface area contributed by atoms with Crippen molar-refractivity contribution in [2.24, 2.45) is 5.92 Å². The van der Waals surface area contributed by atoms with Crippen LogP contribution in [0.15, 0.2) is 71.1 Å². The average molecular weight is 431 g/mol. The Balaban J connectivity index is 1.59. The van der Waals surface area contributed by atoms with E-state index in [-0.39, 0.29) is 11.9 Å². The summed E-state index contributed by atoms with van der Waals surface area (Å²) in [6.45, 7) is 11.9. The number of carbonyl (C=O) groups excluding carboxylic acids is 1. The Morgan fingerprint density at radius 3 is 2.38 bits per heavy atom. The molecule has 1 aliphatic rings. The molecule has 0 saturated carbocycles. The number of nitrogens with zero attached hydrogens (tertiary/aromatic N) is 2. The van der Waals surface area contributed by atoms with Crippen LogP contribution in [0.25, 0.3) is 0 Å². The number of amides is 1. The highest BCUT2D eigenvalue weighted by atomic mass is 16.3. The third-order valence-corrected chi connectivity index (χ3v) is 6.62. The zero-order chi connectivity index (χ0) is 22.7. The molecule has 1 fully saturated rings. The van der Waals surface area contributed by atoms with E-state index in [1.54, 1.807) is 0 Å². The van der Waals surface area contributed by atoms with Gasteiger partial charge in [-0.25, -0.2) is 0 Å². The zero-order valence-corrected chi connectivity index (χ0v) is 19.6. The van der Waals surface area contributed by atoms with Gasteiger partial charge in [0, 0.05) is 37.2 Å². The van der Waals surface area contributed by atoms with Crippen molar-refractivity contribution in [3.8, 4) is 0 Å². The fourth-order valence-electron chi connectivity index (χ4n) is 4.95. The number of likely N-dealkylation sites (tertiary alicyclic amines) is 1. The molecule has 2 heterocycles. The molecule has 0 unspecified atom stereocenters. The quantitative estimate of drug-likeness (QED) is 0.485. The molecule has 1 saturated heterocycles. The fraction of sp³-hybridized carbons (Fsp3) is 0.393. The van der Waals surface area contributed by atoms with Crippen LogP contribution in [0.5, 0.6) is 0 Å². The van der Waals surface area contributed by atoms with Gasteiger partial charge in [0.1, 0.15) is 11.5 Å². The van der Waals surface area contributed by atoms with Crippen molar-refractivity contribution in [1.29, 1.82) is 0 Å². The van der Waals surface area contributed by atoms with Crippen LogP contribution in [-0.4, -0.2) is 41.4 Å². The molecule has 4 rings (SSSR count). The molecular weight excluding hydrogens is 396 g/mol. The Labute approximate surface area is 191 Å². The van der Waals surface area contributed by atoms with Gasteiger partial charge < -0.3 is 9.32 Å².